The van der Waals surface area contributed by atoms with E-state index in [1.165, 1.54) is 12.5 Å². The molecule has 6 heteroatoms. The molecule has 0 amide bonds. The Balaban J connectivity index is 1.62. The zero-order chi connectivity index (χ0) is 18.4. The lowest BCUT2D eigenvalue weighted by molar-refractivity contribution is 0.101. The first-order valence-corrected chi connectivity index (χ1v) is 8.32. The van der Waals surface area contributed by atoms with Gasteiger partial charge in [-0.1, -0.05) is 30.3 Å². The van der Waals surface area contributed by atoms with Gasteiger partial charge in [-0.15, -0.1) is 0 Å². The summed E-state index contributed by atoms with van der Waals surface area (Å²) in [6.07, 6.45) is 0. The van der Waals surface area contributed by atoms with Crippen molar-refractivity contribution in [3.8, 4) is 5.75 Å². The minimum absolute atomic E-state index is 0.105. The van der Waals surface area contributed by atoms with Crippen LogP contribution in [0.4, 0.5) is 0 Å². The molecule has 0 unspecified atom stereocenters. The first kappa shape index (κ1) is 17.7. The van der Waals surface area contributed by atoms with Gasteiger partial charge < -0.3 is 19.7 Å². The average Bonchev–Trinajstić information content (AvgIpc) is 2.67. The predicted octanol–water partition coefficient (Wildman–Crippen LogP) is 3.09. The second kappa shape index (κ2) is 8.31. The van der Waals surface area contributed by atoms with Gasteiger partial charge in [0.1, 0.15) is 17.9 Å². The molecule has 134 valence electrons. The Morgan fingerprint density at radius 2 is 2.00 bits per heavy atom. The second-order valence-electron chi connectivity index (χ2n) is 5.83. The Hall–Kier alpha value is -3.12. The van der Waals surface area contributed by atoms with Gasteiger partial charge in [0, 0.05) is 24.5 Å². The molecule has 2 N–H and O–H groups in total. The maximum Gasteiger partial charge on any atom is 0.266 e. The van der Waals surface area contributed by atoms with Gasteiger partial charge >= 0.3 is 0 Å². The van der Waals surface area contributed by atoms with Crippen molar-refractivity contribution in [3.05, 3.63) is 71.3 Å². The number of rotatable bonds is 7. The summed E-state index contributed by atoms with van der Waals surface area (Å²) >= 11 is 0. The van der Waals surface area contributed by atoms with Crippen LogP contribution in [-0.4, -0.2) is 24.1 Å². The summed E-state index contributed by atoms with van der Waals surface area (Å²) in [5, 5.41) is 16.1. The summed E-state index contributed by atoms with van der Waals surface area (Å²) in [6.45, 7) is 3.38. The third kappa shape index (κ3) is 4.29. The third-order valence-electron chi connectivity index (χ3n) is 3.91. The van der Waals surface area contributed by atoms with Gasteiger partial charge in [-0.2, -0.15) is 0 Å². The monoisotopic (exact) mass is 352 g/mol. The van der Waals surface area contributed by atoms with Crippen LogP contribution in [0.25, 0.3) is 11.0 Å². The lowest BCUT2D eigenvalue weighted by atomic mass is 10.1. The van der Waals surface area contributed by atoms with E-state index in [1.807, 2.05) is 24.3 Å². The molecule has 2 aromatic carbocycles. The van der Waals surface area contributed by atoms with Crippen molar-refractivity contribution in [2.24, 2.45) is 5.16 Å². The summed E-state index contributed by atoms with van der Waals surface area (Å²) in [7, 11) is 0. The number of Topliss-reactive ketones (excluding diaryl/α,β-unsaturated/α-hetero) is 1. The van der Waals surface area contributed by atoms with Crippen LogP contribution in [0.15, 0.2) is 64.2 Å². The van der Waals surface area contributed by atoms with E-state index in [0.29, 0.717) is 24.5 Å². The first-order chi connectivity index (χ1) is 12.7. The van der Waals surface area contributed by atoms with E-state index in [2.05, 4.69) is 22.6 Å². The average molecular weight is 352 g/mol. The number of nitrogens with one attached hydrogen (secondary N) is 1. The van der Waals surface area contributed by atoms with Crippen LogP contribution in [0.3, 0.4) is 0 Å². The number of nitrogens with zero attached hydrogens (tertiary/aromatic N) is 1. The van der Waals surface area contributed by atoms with E-state index in [-0.39, 0.29) is 16.9 Å². The molecule has 1 aromatic heterocycles. The molecule has 0 fully saturated rings. The van der Waals surface area contributed by atoms with E-state index < -0.39 is 0 Å². The molecule has 0 aliphatic heterocycles. The highest BCUT2D eigenvalue weighted by molar-refractivity contribution is 5.96. The molecule has 0 saturated carbocycles. The number of hydrogen-bond acceptors (Lipinski definition) is 6. The van der Waals surface area contributed by atoms with Crippen LogP contribution < -0.4 is 15.6 Å². The lowest BCUT2D eigenvalue weighted by Crippen LogP contribution is -2.20. The highest BCUT2D eigenvalue weighted by Crippen LogP contribution is 2.20. The Kier molecular flexibility index (Phi) is 5.66. The molecule has 0 radical (unpaired) electrons. The number of carbonyl (C=O) groups excluding carboxylic acids is 1. The molecule has 0 atom stereocenters. The number of ether oxygens (including phenoxy) is 1. The Labute approximate surface area is 150 Å². The van der Waals surface area contributed by atoms with E-state index in [9.17, 15) is 4.79 Å². The molecule has 0 aliphatic rings. The highest BCUT2D eigenvalue weighted by atomic mass is 16.5. The number of carbonyl (C=O) groups is 1. The zero-order valence-corrected chi connectivity index (χ0v) is 14.4. The number of ketones is 1. The van der Waals surface area contributed by atoms with Crippen LogP contribution in [0.5, 0.6) is 5.75 Å². The van der Waals surface area contributed by atoms with Crippen LogP contribution in [0, 0.1) is 0 Å². The van der Waals surface area contributed by atoms with Crippen molar-refractivity contribution >= 4 is 16.8 Å². The smallest absolute Gasteiger partial charge is 0.266 e. The van der Waals surface area contributed by atoms with Crippen molar-refractivity contribution < 1.29 is 19.2 Å². The first-order valence-electron chi connectivity index (χ1n) is 8.32. The molecule has 0 aliphatic carbocycles. The van der Waals surface area contributed by atoms with Crippen molar-refractivity contribution in [3.63, 3.8) is 0 Å². The Morgan fingerprint density at radius 1 is 1.19 bits per heavy atom. The van der Waals surface area contributed by atoms with Crippen molar-refractivity contribution in [1.29, 1.82) is 0 Å². The Morgan fingerprint density at radius 3 is 2.73 bits per heavy atom. The maximum absolute atomic E-state index is 11.6. The maximum atomic E-state index is 11.6. The van der Waals surface area contributed by atoms with Crippen LogP contribution >= 0.6 is 0 Å². The Bertz CT molecular complexity index is 964. The molecular formula is C20H20N2O4. The van der Waals surface area contributed by atoms with Crippen molar-refractivity contribution in [1.82, 2.24) is 5.32 Å². The van der Waals surface area contributed by atoms with Gasteiger partial charge in [0.25, 0.3) is 5.55 Å². The SMILES string of the molecule is CC(=O)c1cc2ccc(OCCNCc3ccccc3)cc2oc1=NO. The molecule has 26 heavy (non-hydrogen) atoms. The quantitative estimate of drug-likeness (QED) is 0.295. The third-order valence-corrected chi connectivity index (χ3v) is 3.91. The molecule has 3 rings (SSSR count). The summed E-state index contributed by atoms with van der Waals surface area (Å²) in [5.74, 6) is 0.412. The number of hydrogen-bond donors (Lipinski definition) is 2. The molecule has 3 aromatic rings. The fourth-order valence-corrected chi connectivity index (χ4v) is 2.58. The molecule has 0 bridgehead atoms. The van der Waals surface area contributed by atoms with Gasteiger partial charge in [0.05, 0.1) is 5.56 Å². The zero-order valence-electron chi connectivity index (χ0n) is 14.4. The standard InChI is InChI=1S/C20H20N2O4/c1-14(23)18-11-16-7-8-17(12-19(16)26-20(18)22-24)25-10-9-21-13-15-5-3-2-4-6-15/h2-8,11-12,21,24H,9-10,13H2,1H3. The van der Waals surface area contributed by atoms with Crippen LogP contribution in [0.2, 0.25) is 0 Å². The lowest BCUT2D eigenvalue weighted by Gasteiger charge is -2.09. The topological polar surface area (TPSA) is 84.1 Å². The molecule has 6 nitrogen and oxygen atoms in total. The van der Waals surface area contributed by atoms with Gasteiger partial charge in [-0.05, 0) is 35.8 Å². The summed E-state index contributed by atoms with van der Waals surface area (Å²) in [6, 6.07) is 17.1. The normalized spacial score (nSPS) is 11.7. The molecule has 0 spiro atoms. The molecule has 0 saturated heterocycles. The van der Waals surface area contributed by atoms with E-state index in [1.54, 1.807) is 18.2 Å². The van der Waals surface area contributed by atoms with E-state index in [0.717, 1.165) is 11.9 Å². The second-order valence-corrected chi connectivity index (χ2v) is 5.83. The van der Waals surface area contributed by atoms with E-state index in [4.69, 9.17) is 14.4 Å². The summed E-state index contributed by atoms with van der Waals surface area (Å²) in [4.78, 5) is 11.6. The van der Waals surface area contributed by atoms with Gasteiger partial charge in [-0.3, -0.25) is 4.79 Å². The minimum Gasteiger partial charge on any atom is -0.492 e. The summed E-state index contributed by atoms with van der Waals surface area (Å²) < 4.78 is 11.2. The minimum atomic E-state index is -0.228. The number of fused-ring (bicyclic) bond motifs is 1. The summed E-state index contributed by atoms with van der Waals surface area (Å²) in [5.41, 5.74) is 1.83. The highest BCUT2D eigenvalue weighted by Gasteiger charge is 2.09. The fraction of sp³-hybridized carbons (Fsp3) is 0.200. The number of benzene rings is 2. The molecular weight excluding hydrogens is 332 g/mol. The van der Waals surface area contributed by atoms with Gasteiger partial charge in [-0.25, -0.2) is 0 Å². The predicted molar refractivity (Wildman–Crippen MR) is 97.2 cm³/mol. The van der Waals surface area contributed by atoms with E-state index >= 15 is 0 Å². The largest absolute Gasteiger partial charge is 0.492 e. The van der Waals surface area contributed by atoms with Crippen molar-refractivity contribution in [2.45, 2.75) is 13.5 Å². The van der Waals surface area contributed by atoms with Gasteiger partial charge in [0.2, 0.25) is 0 Å². The van der Waals surface area contributed by atoms with Gasteiger partial charge in [0.15, 0.2) is 5.78 Å². The van der Waals surface area contributed by atoms with Crippen LogP contribution in [0.1, 0.15) is 22.8 Å². The molecule has 1 heterocycles. The van der Waals surface area contributed by atoms with Crippen LogP contribution in [-0.2, 0) is 6.54 Å². The fourth-order valence-electron chi connectivity index (χ4n) is 2.58. The van der Waals surface area contributed by atoms with Crippen molar-refractivity contribution in [2.75, 3.05) is 13.2 Å².